The number of aryl methyl sites for hydroxylation is 1. The fraction of sp³-hybridized carbons (Fsp3) is 0.483. The van der Waals surface area contributed by atoms with E-state index in [2.05, 4.69) is 48.6 Å². The van der Waals surface area contributed by atoms with Crippen molar-refractivity contribution in [3.8, 4) is 40.2 Å². The van der Waals surface area contributed by atoms with Gasteiger partial charge in [0.15, 0.2) is 5.72 Å². The Hall–Kier alpha value is -5.78. The van der Waals surface area contributed by atoms with E-state index in [0.717, 1.165) is 46.0 Å². The van der Waals surface area contributed by atoms with Gasteiger partial charge in [-0.1, -0.05) is 12.6 Å². The number of hydrogen-bond donors (Lipinski definition) is 1. The van der Waals surface area contributed by atoms with Gasteiger partial charge < -0.3 is 81.1 Å². The molecule has 2 spiro atoms. The fourth-order valence-corrected chi connectivity index (χ4v) is 11.4. The first kappa shape index (κ1) is 67.7. The van der Waals surface area contributed by atoms with Gasteiger partial charge in [0.2, 0.25) is 0 Å². The summed E-state index contributed by atoms with van der Waals surface area (Å²) in [6.07, 6.45) is 3.79. The van der Waals surface area contributed by atoms with E-state index in [1.807, 2.05) is 48.5 Å². The number of amides is 5. The van der Waals surface area contributed by atoms with Crippen LogP contribution in [0.5, 0.6) is 40.2 Å². The number of likely N-dealkylation sites (tertiary alicyclic amines) is 2. The number of ether oxygens (including phenoxy) is 9. The van der Waals surface area contributed by atoms with Crippen molar-refractivity contribution in [1.29, 1.82) is 0 Å². The number of aliphatic hydroxyl groups is 1. The Labute approximate surface area is 505 Å². The number of rotatable bonds is 22. The molecule has 4 aromatic carbocycles. The van der Waals surface area contributed by atoms with Gasteiger partial charge in [-0.25, -0.2) is 9.59 Å². The van der Waals surface area contributed by atoms with E-state index < -0.39 is 16.8 Å². The minimum atomic E-state index is -1.58. The summed E-state index contributed by atoms with van der Waals surface area (Å²) in [7, 11) is 14.5. The first-order chi connectivity index (χ1) is 38.1. The maximum Gasteiger partial charge on any atom is 2.00 e. The van der Waals surface area contributed by atoms with E-state index in [1.54, 1.807) is 85.9 Å². The molecule has 81 heavy (non-hydrogen) atoms. The molecule has 0 bridgehead atoms. The van der Waals surface area contributed by atoms with Crippen LogP contribution in [0, 0.1) is 13.5 Å². The summed E-state index contributed by atoms with van der Waals surface area (Å²) in [5.74, 6) is 4.59. The Morgan fingerprint density at radius 2 is 0.864 bits per heavy atom. The van der Waals surface area contributed by atoms with Crippen LogP contribution in [0.15, 0.2) is 92.0 Å². The number of benzene rings is 4. The van der Waals surface area contributed by atoms with Crippen molar-refractivity contribution in [2.24, 2.45) is 0 Å². The molecule has 4 heterocycles. The molecule has 5 amide bonds. The predicted molar refractivity (Wildman–Crippen MR) is 306 cm³/mol. The first-order valence-corrected chi connectivity index (χ1v) is 26.3. The van der Waals surface area contributed by atoms with Crippen molar-refractivity contribution < 1.29 is 79.1 Å². The molecule has 4 aliphatic heterocycles. The quantitative estimate of drug-likeness (QED) is 0.0513. The van der Waals surface area contributed by atoms with Gasteiger partial charge in [0.25, 0.3) is 5.91 Å². The second-order valence-electron chi connectivity index (χ2n) is 19.9. The van der Waals surface area contributed by atoms with Crippen LogP contribution in [0.3, 0.4) is 0 Å². The van der Waals surface area contributed by atoms with Crippen molar-refractivity contribution in [3.05, 3.63) is 126 Å². The number of halogens is 1. The van der Waals surface area contributed by atoms with Gasteiger partial charge in [0, 0.05) is 84.8 Å². The number of urea groups is 2. The maximum atomic E-state index is 14.0. The van der Waals surface area contributed by atoms with Gasteiger partial charge in [-0.15, -0.1) is 0 Å². The second-order valence-corrected chi connectivity index (χ2v) is 19.9. The Bertz CT molecular complexity index is 2660. The van der Waals surface area contributed by atoms with Gasteiger partial charge in [0.05, 0.1) is 81.6 Å². The molecular weight excluding hydrogens is 1120 g/mol. The topological polar surface area (TPSA) is 174 Å². The van der Waals surface area contributed by atoms with Crippen LogP contribution in [0.2, 0.25) is 0 Å². The molecule has 1 atom stereocenters. The molecular formula is C60H81BrMgN6O13. The van der Waals surface area contributed by atoms with E-state index in [9.17, 15) is 19.5 Å². The number of nitrogens with zero attached hydrogens (tertiary/aromatic N) is 6. The summed E-state index contributed by atoms with van der Waals surface area (Å²) in [6, 6.07) is 22.4. The molecule has 1 N–H and O–H groups in total. The van der Waals surface area contributed by atoms with Crippen molar-refractivity contribution >= 4 is 41.0 Å². The van der Waals surface area contributed by atoms with E-state index in [4.69, 9.17) is 42.6 Å². The summed E-state index contributed by atoms with van der Waals surface area (Å²) in [4.78, 5) is 52.5. The summed E-state index contributed by atoms with van der Waals surface area (Å²) in [5.41, 5.74) is 1.63. The average Bonchev–Trinajstić information content (AvgIpc) is 3.76. The van der Waals surface area contributed by atoms with Crippen molar-refractivity contribution in [1.82, 2.24) is 29.4 Å². The Morgan fingerprint density at radius 1 is 0.506 bits per heavy atom. The first-order valence-electron chi connectivity index (χ1n) is 26.3. The van der Waals surface area contributed by atoms with Crippen molar-refractivity contribution in [2.45, 2.75) is 75.6 Å². The van der Waals surface area contributed by atoms with Crippen LogP contribution in [-0.2, 0) is 40.4 Å². The number of imide groups is 1. The summed E-state index contributed by atoms with van der Waals surface area (Å²) in [5, 5.41) is 12.3. The normalized spacial score (nSPS) is 18.2. The molecule has 21 heteroatoms. The number of carbonyl (C=O) groups excluding carboxylic acids is 3. The maximum absolute atomic E-state index is 14.0. The van der Waals surface area contributed by atoms with Gasteiger partial charge >= 0.3 is 35.1 Å². The van der Waals surface area contributed by atoms with Crippen LogP contribution < -0.4 is 50.1 Å². The SMILES string of the molecule is C=CC1(O)N(Cc2cc(OC)cc(OC)c2)C(=O)N(CCOC)C12CCN(Cc1cc(C)cc(OC)c1)CC2.COCCN1C(=O)N(Cc2cc(OC)cc(OC)c2)C(=O)C12CCN(Cc1cc(OC)cc(OC)c1)CC2.[Br-].[CH-]=C.[Mg+2]. The molecule has 19 nitrogen and oxygen atoms in total. The minimum absolute atomic E-state index is 0. The molecule has 0 saturated carbocycles. The van der Waals surface area contributed by atoms with Gasteiger partial charge in [0.1, 0.15) is 45.8 Å². The number of carbonyl (C=O) groups is 3. The fourth-order valence-electron chi connectivity index (χ4n) is 11.4. The van der Waals surface area contributed by atoms with Crippen LogP contribution in [0.25, 0.3) is 0 Å². The zero-order valence-electron chi connectivity index (χ0n) is 48.9. The number of hydrogen-bond acceptors (Lipinski definition) is 15. The van der Waals surface area contributed by atoms with E-state index in [1.165, 1.54) is 21.4 Å². The van der Waals surface area contributed by atoms with Crippen LogP contribution in [0.1, 0.15) is 53.5 Å². The average molecular weight is 1200 g/mol. The molecule has 0 aliphatic carbocycles. The number of methoxy groups -OCH3 is 9. The molecule has 1 unspecified atom stereocenters. The van der Waals surface area contributed by atoms with E-state index in [-0.39, 0.29) is 71.1 Å². The van der Waals surface area contributed by atoms with E-state index in [0.29, 0.717) is 108 Å². The van der Waals surface area contributed by atoms with Crippen LogP contribution in [-0.4, -0.2) is 209 Å². The molecule has 4 aliphatic rings. The zero-order chi connectivity index (χ0) is 57.5. The zero-order valence-corrected chi connectivity index (χ0v) is 51.9. The molecule has 4 aromatic rings. The molecule has 0 aromatic heterocycles. The molecule has 4 fully saturated rings. The van der Waals surface area contributed by atoms with Gasteiger partial charge in [-0.2, -0.15) is 0 Å². The minimum Gasteiger partial charge on any atom is -1.00 e. The third kappa shape index (κ3) is 15.1. The standard InChI is InChI=1S/C30H41N3O6.C28H37N3O7.C2H3.BrH.Mg/c1-7-30(35)29(8-10-31(11-9-29)20-23-14-22(2)15-25(16-23)37-4)32(12-13-36-3)28(34)33(30)21-24-17-26(38-5)19-27(18-24)39-6;1-34-11-10-31-27(33)30(19-21-14-24(37-4)17-25(15-21)38-5)26(32)28(31)6-8-29(9-7-28)18-20-12-22(35-2)16-23(13-20)36-3;1-2;;/h7,14-19,35H,1,8-13,20-21H2,2-6H3;12-17H,6-11,18-19H2,1-5H3;1H,2H2;1H;/q;;-1;;+2/p-1. The summed E-state index contributed by atoms with van der Waals surface area (Å²) >= 11 is 0. The summed E-state index contributed by atoms with van der Waals surface area (Å²) < 4.78 is 48.5. The molecule has 8 rings (SSSR count). The van der Waals surface area contributed by atoms with Crippen LogP contribution in [0.4, 0.5) is 9.59 Å². The van der Waals surface area contributed by atoms with E-state index >= 15 is 0 Å². The Kier molecular flexibility index (Phi) is 25.9. The van der Waals surface area contributed by atoms with Crippen molar-refractivity contribution in [3.63, 3.8) is 0 Å². The second kappa shape index (κ2) is 31.0. The third-order valence-corrected chi connectivity index (χ3v) is 15.5. The number of piperidine rings is 2. The summed E-state index contributed by atoms with van der Waals surface area (Å²) in [6.45, 7) is 19.1. The molecule has 438 valence electrons. The third-order valence-electron chi connectivity index (χ3n) is 15.5. The van der Waals surface area contributed by atoms with Crippen molar-refractivity contribution in [2.75, 3.05) is 116 Å². The van der Waals surface area contributed by atoms with Gasteiger partial charge in [-0.3, -0.25) is 31.0 Å². The Balaban J connectivity index is 0.000000330. The smallest absolute Gasteiger partial charge is 1.00 e. The van der Waals surface area contributed by atoms with Gasteiger partial charge in [-0.05, 0) is 115 Å². The monoisotopic (exact) mass is 1200 g/mol. The molecule has 4 saturated heterocycles. The molecule has 0 radical (unpaired) electrons. The predicted octanol–water partition coefficient (Wildman–Crippen LogP) is 4.21. The van der Waals surface area contributed by atoms with Crippen LogP contribution >= 0.6 is 0 Å². The Morgan fingerprint density at radius 3 is 1.26 bits per heavy atom. The largest absolute Gasteiger partial charge is 2.00 e.